The fourth-order valence-corrected chi connectivity index (χ4v) is 4.67. The number of likely N-dealkylation sites (tertiary alicyclic amines) is 1. The van der Waals surface area contributed by atoms with E-state index in [2.05, 4.69) is 17.6 Å². The Kier molecular flexibility index (Phi) is 7.78. The zero-order valence-corrected chi connectivity index (χ0v) is 17.8. The van der Waals surface area contributed by atoms with Gasteiger partial charge in [0.15, 0.2) is 0 Å². The number of carbonyl (C=O) groups is 2. The van der Waals surface area contributed by atoms with E-state index in [0.717, 1.165) is 37.1 Å². The van der Waals surface area contributed by atoms with Crippen molar-refractivity contribution in [1.82, 2.24) is 10.2 Å². The second-order valence-electron chi connectivity index (χ2n) is 8.43. The van der Waals surface area contributed by atoms with Crippen molar-refractivity contribution in [2.75, 3.05) is 25.5 Å². The van der Waals surface area contributed by atoms with Crippen molar-refractivity contribution in [3.8, 4) is 5.75 Å². The lowest BCUT2D eigenvalue weighted by Crippen LogP contribution is -2.47. The normalized spacial score (nSPS) is 22.8. The van der Waals surface area contributed by atoms with Gasteiger partial charge in [0.2, 0.25) is 5.91 Å². The zero-order valence-electron chi connectivity index (χ0n) is 17.8. The van der Waals surface area contributed by atoms with Crippen LogP contribution in [0.25, 0.3) is 0 Å². The maximum Gasteiger partial charge on any atom is 0.321 e. The van der Waals surface area contributed by atoms with Gasteiger partial charge in [-0.25, -0.2) is 4.79 Å². The molecule has 6 heteroatoms. The number of methoxy groups -OCH3 is 1. The van der Waals surface area contributed by atoms with E-state index in [1.807, 2.05) is 29.2 Å². The molecule has 1 aromatic carbocycles. The molecule has 1 aliphatic carbocycles. The van der Waals surface area contributed by atoms with Crippen LogP contribution in [0.3, 0.4) is 0 Å². The van der Waals surface area contributed by atoms with Crippen molar-refractivity contribution in [2.45, 2.75) is 64.3 Å². The molecule has 3 rings (SSSR count). The fourth-order valence-electron chi connectivity index (χ4n) is 4.67. The molecule has 0 radical (unpaired) electrons. The van der Waals surface area contributed by atoms with Gasteiger partial charge in [-0.1, -0.05) is 38.7 Å². The van der Waals surface area contributed by atoms with Gasteiger partial charge in [-0.05, 0) is 43.2 Å². The minimum atomic E-state index is -0.0817. The SMILES string of the molecule is CC[C@H]1CN(C(=O)Nc2cccc(OC)c2)CC[C@H]1CC(=O)NC1CCCCC1. The zero-order chi connectivity index (χ0) is 20.6. The average Bonchev–Trinajstić information content (AvgIpc) is 2.74. The number of ether oxygens (including phenoxy) is 1. The second kappa shape index (κ2) is 10.5. The highest BCUT2D eigenvalue weighted by Gasteiger charge is 2.32. The van der Waals surface area contributed by atoms with Gasteiger partial charge < -0.3 is 20.3 Å². The summed E-state index contributed by atoms with van der Waals surface area (Å²) in [5, 5.41) is 6.21. The Hall–Kier alpha value is -2.24. The van der Waals surface area contributed by atoms with Crippen molar-refractivity contribution in [2.24, 2.45) is 11.8 Å². The summed E-state index contributed by atoms with van der Waals surface area (Å²) in [5.41, 5.74) is 0.733. The van der Waals surface area contributed by atoms with Crippen molar-refractivity contribution >= 4 is 17.6 Å². The third-order valence-electron chi connectivity index (χ3n) is 6.44. The molecule has 2 atom stereocenters. The van der Waals surface area contributed by atoms with E-state index in [0.29, 0.717) is 37.4 Å². The Labute approximate surface area is 174 Å². The standard InChI is InChI=1S/C23H35N3O3/c1-3-17-16-26(23(28)25-20-10-7-11-21(15-20)29-2)13-12-18(17)14-22(27)24-19-8-5-4-6-9-19/h7,10-11,15,17-19H,3-6,8-9,12-14,16H2,1-2H3,(H,24,27)(H,25,28)/t17-,18-/m0/s1. The fraction of sp³-hybridized carbons (Fsp3) is 0.652. The minimum Gasteiger partial charge on any atom is -0.497 e. The number of carbonyl (C=O) groups excluding carboxylic acids is 2. The van der Waals surface area contributed by atoms with E-state index in [4.69, 9.17) is 4.74 Å². The molecular weight excluding hydrogens is 366 g/mol. The molecule has 2 fully saturated rings. The van der Waals surface area contributed by atoms with E-state index in [9.17, 15) is 9.59 Å². The minimum absolute atomic E-state index is 0.0817. The molecule has 2 aliphatic rings. The number of benzene rings is 1. The van der Waals surface area contributed by atoms with Gasteiger partial charge in [0.25, 0.3) is 0 Å². The summed E-state index contributed by atoms with van der Waals surface area (Å²) in [4.78, 5) is 27.1. The highest BCUT2D eigenvalue weighted by atomic mass is 16.5. The number of urea groups is 1. The van der Waals surface area contributed by atoms with Gasteiger partial charge >= 0.3 is 6.03 Å². The first-order valence-electron chi connectivity index (χ1n) is 11.1. The number of rotatable bonds is 6. The maximum atomic E-state index is 12.7. The number of hydrogen-bond donors (Lipinski definition) is 2. The van der Waals surface area contributed by atoms with Crippen LogP contribution >= 0.6 is 0 Å². The molecule has 160 valence electrons. The first-order valence-corrected chi connectivity index (χ1v) is 11.1. The Bertz CT molecular complexity index is 688. The van der Waals surface area contributed by atoms with Crippen LogP contribution in [-0.4, -0.2) is 43.1 Å². The first-order chi connectivity index (χ1) is 14.1. The lowest BCUT2D eigenvalue weighted by Gasteiger charge is -2.38. The molecule has 3 amide bonds. The Morgan fingerprint density at radius 3 is 2.66 bits per heavy atom. The predicted molar refractivity (Wildman–Crippen MR) is 115 cm³/mol. The van der Waals surface area contributed by atoms with Crippen LogP contribution in [0.4, 0.5) is 10.5 Å². The summed E-state index contributed by atoms with van der Waals surface area (Å²) in [6.45, 7) is 3.54. The van der Waals surface area contributed by atoms with E-state index < -0.39 is 0 Å². The Morgan fingerprint density at radius 1 is 1.14 bits per heavy atom. The summed E-state index contributed by atoms with van der Waals surface area (Å²) in [5.74, 6) is 1.62. The molecule has 1 saturated heterocycles. The van der Waals surface area contributed by atoms with Crippen molar-refractivity contribution < 1.29 is 14.3 Å². The quantitative estimate of drug-likeness (QED) is 0.741. The van der Waals surface area contributed by atoms with Gasteiger partial charge in [0.05, 0.1) is 7.11 Å². The summed E-state index contributed by atoms with van der Waals surface area (Å²) in [6, 6.07) is 7.68. The molecule has 0 unspecified atom stereocenters. The van der Waals surface area contributed by atoms with Gasteiger partial charge in [0, 0.05) is 37.3 Å². The molecular formula is C23H35N3O3. The van der Waals surface area contributed by atoms with Crippen LogP contribution in [0.2, 0.25) is 0 Å². The predicted octanol–water partition coefficient (Wildman–Crippen LogP) is 4.41. The van der Waals surface area contributed by atoms with Crippen LogP contribution < -0.4 is 15.4 Å². The summed E-state index contributed by atoms with van der Waals surface area (Å²) in [7, 11) is 1.61. The third kappa shape index (κ3) is 6.12. The van der Waals surface area contributed by atoms with Crippen LogP contribution in [0.1, 0.15) is 58.3 Å². The summed E-state index contributed by atoms with van der Waals surface area (Å²) >= 11 is 0. The van der Waals surface area contributed by atoms with Crippen LogP contribution in [0.5, 0.6) is 5.75 Å². The molecule has 1 aromatic rings. The Balaban J connectivity index is 1.50. The number of piperidine rings is 1. The first kappa shape index (κ1) is 21.5. The molecule has 29 heavy (non-hydrogen) atoms. The van der Waals surface area contributed by atoms with Crippen LogP contribution in [-0.2, 0) is 4.79 Å². The monoisotopic (exact) mass is 401 g/mol. The molecule has 1 aliphatic heterocycles. The van der Waals surface area contributed by atoms with Crippen LogP contribution in [0, 0.1) is 11.8 Å². The molecule has 2 N–H and O–H groups in total. The van der Waals surface area contributed by atoms with Gasteiger partial charge in [0.1, 0.15) is 5.75 Å². The van der Waals surface area contributed by atoms with E-state index >= 15 is 0 Å². The number of nitrogens with one attached hydrogen (secondary N) is 2. The van der Waals surface area contributed by atoms with E-state index in [1.54, 1.807) is 7.11 Å². The molecule has 0 spiro atoms. The van der Waals surface area contributed by atoms with Crippen LogP contribution in [0.15, 0.2) is 24.3 Å². The van der Waals surface area contributed by atoms with E-state index in [-0.39, 0.29) is 11.9 Å². The summed E-state index contributed by atoms with van der Waals surface area (Å²) in [6.07, 6.45) is 8.41. The summed E-state index contributed by atoms with van der Waals surface area (Å²) < 4.78 is 5.22. The maximum absolute atomic E-state index is 12.7. The largest absolute Gasteiger partial charge is 0.497 e. The number of nitrogens with zero attached hydrogens (tertiary/aromatic N) is 1. The lowest BCUT2D eigenvalue weighted by atomic mass is 9.81. The highest BCUT2D eigenvalue weighted by molar-refractivity contribution is 5.89. The van der Waals surface area contributed by atoms with Gasteiger partial charge in [-0.2, -0.15) is 0 Å². The third-order valence-corrected chi connectivity index (χ3v) is 6.44. The van der Waals surface area contributed by atoms with Gasteiger partial charge in [-0.3, -0.25) is 4.79 Å². The topological polar surface area (TPSA) is 70.7 Å². The number of amides is 3. The lowest BCUT2D eigenvalue weighted by molar-refractivity contribution is -0.123. The smallest absolute Gasteiger partial charge is 0.321 e. The Morgan fingerprint density at radius 2 is 1.93 bits per heavy atom. The molecule has 1 heterocycles. The van der Waals surface area contributed by atoms with Crippen molar-refractivity contribution in [3.05, 3.63) is 24.3 Å². The number of hydrogen-bond acceptors (Lipinski definition) is 3. The van der Waals surface area contributed by atoms with Gasteiger partial charge in [-0.15, -0.1) is 0 Å². The molecule has 6 nitrogen and oxygen atoms in total. The highest BCUT2D eigenvalue weighted by Crippen LogP contribution is 2.30. The van der Waals surface area contributed by atoms with Crippen molar-refractivity contribution in [3.63, 3.8) is 0 Å². The van der Waals surface area contributed by atoms with Crippen molar-refractivity contribution in [1.29, 1.82) is 0 Å². The van der Waals surface area contributed by atoms with E-state index in [1.165, 1.54) is 19.3 Å². The molecule has 1 saturated carbocycles. The average molecular weight is 402 g/mol. The number of anilines is 1. The molecule has 0 bridgehead atoms. The second-order valence-corrected chi connectivity index (χ2v) is 8.43. The molecule has 0 aromatic heterocycles.